The van der Waals surface area contributed by atoms with Gasteiger partial charge in [-0.25, -0.2) is 0 Å². The number of hydrogen-bond donors (Lipinski definition) is 1. The minimum absolute atomic E-state index is 0.279. The average molecular weight is 239 g/mol. The molecule has 17 heavy (non-hydrogen) atoms. The van der Waals surface area contributed by atoms with Crippen LogP contribution in [0, 0.1) is 15.9 Å². The van der Waals surface area contributed by atoms with Gasteiger partial charge in [0.2, 0.25) is 5.82 Å². The minimum Gasteiger partial charge on any atom is -0.381 e. The fourth-order valence-corrected chi connectivity index (χ4v) is 2.03. The summed E-state index contributed by atoms with van der Waals surface area (Å²) in [5.74, 6) is -0.800. The zero-order valence-electron chi connectivity index (χ0n) is 9.52. The molecule has 5 nitrogen and oxygen atoms in total. The Labute approximate surface area is 98.4 Å². The summed E-state index contributed by atoms with van der Waals surface area (Å²) in [4.78, 5) is 11.9. The van der Waals surface area contributed by atoms with E-state index in [1.807, 2.05) is 7.05 Å². The number of rotatable bonds is 3. The summed E-state index contributed by atoms with van der Waals surface area (Å²) in [5, 5.41) is 13.6. The molecular formula is C11H14FN3O2. The van der Waals surface area contributed by atoms with E-state index in [1.54, 1.807) is 6.07 Å². The molecular weight excluding hydrogens is 225 g/mol. The van der Waals surface area contributed by atoms with Gasteiger partial charge in [0.1, 0.15) is 0 Å². The quantitative estimate of drug-likeness (QED) is 0.646. The SMILES string of the molecule is CN1CCC(Nc2ccc([N+](=O)[O-])c(F)c2)C1. The molecule has 0 aromatic heterocycles. The van der Waals surface area contributed by atoms with Crippen LogP contribution in [0.4, 0.5) is 15.8 Å². The van der Waals surface area contributed by atoms with Gasteiger partial charge in [0.15, 0.2) is 0 Å². The number of likely N-dealkylation sites (N-methyl/N-ethyl adjacent to an activating group) is 1. The number of benzene rings is 1. The molecule has 0 saturated carbocycles. The van der Waals surface area contributed by atoms with Gasteiger partial charge >= 0.3 is 5.69 Å². The molecule has 1 aliphatic heterocycles. The fraction of sp³-hybridized carbons (Fsp3) is 0.455. The van der Waals surface area contributed by atoms with Gasteiger partial charge in [-0.1, -0.05) is 0 Å². The van der Waals surface area contributed by atoms with Gasteiger partial charge in [-0.3, -0.25) is 10.1 Å². The largest absolute Gasteiger partial charge is 0.381 e. The molecule has 0 spiro atoms. The van der Waals surface area contributed by atoms with Crippen LogP contribution < -0.4 is 5.32 Å². The van der Waals surface area contributed by atoms with Crippen LogP contribution in [0.2, 0.25) is 0 Å². The second-order valence-electron chi connectivity index (χ2n) is 4.32. The van der Waals surface area contributed by atoms with Crippen molar-refractivity contribution >= 4 is 11.4 Å². The average Bonchev–Trinajstić information content (AvgIpc) is 2.63. The van der Waals surface area contributed by atoms with Crippen LogP contribution in [-0.2, 0) is 0 Å². The first kappa shape index (κ1) is 11.8. The number of anilines is 1. The molecule has 6 heteroatoms. The molecule has 1 aromatic rings. The number of nitrogens with zero attached hydrogens (tertiary/aromatic N) is 2. The molecule has 92 valence electrons. The number of likely N-dealkylation sites (tertiary alicyclic amines) is 1. The van der Waals surface area contributed by atoms with Crippen LogP contribution in [0.25, 0.3) is 0 Å². The Morgan fingerprint density at radius 3 is 2.88 bits per heavy atom. The number of halogens is 1. The van der Waals surface area contributed by atoms with E-state index in [4.69, 9.17) is 0 Å². The Morgan fingerprint density at radius 2 is 2.35 bits per heavy atom. The molecule has 1 aliphatic rings. The second-order valence-corrected chi connectivity index (χ2v) is 4.32. The predicted octanol–water partition coefficient (Wildman–Crippen LogP) is 1.85. The monoisotopic (exact) mass is 239 g/mol. The van der Waals surface area contributed by atoms with Gasteiger partial charge in [0.25, 0.3) is 0 Å². The van der Waals surface area contributed by atoms with Crippen molar-refractivity contribution in [2.75, 3.05) is 25.5 Å². The summed E-state index contributed by atoms with van der Waals surface area (Å²) < 4.78 is 13.4. The normalized spacial score (nSPS) is 20.5. The van der Waals surface area contributed by atoms with E-state index in [0.717, 1.165) is 19.5 Å². The minimum atomic E-state index is -0.800. The van der Waals surface area contributed by atoms with Crippen molar-refractivity contribution < 1.29 is 9.31 Å². The Morgan fingerprint density at radius 1 is 1.59 bits per heavy atom. The lowest BCUT2D eigenvalue weighted by atomic mass is 10.2. The molecule has 0 bridgehead atoms. The summed E-state index contributed by atoms with van der Waals surface area (Å²) >= 11 is 0. The molecule has 0 aliphatic carbocycles. The maximum absolute atomic E-state index is 13.4. The maximum Gasteiger partial charge on any atom is 0.304 e. The Hall–Kier alpha value is -1.69. The standard InChI is InChI=1S/C11H14FN3O2/c1-14-5-4-9(7-14)13-8-2-3-11(15(16)17)10(12)6-8/h2-3,6,9,13H,4-5,7H2,1H3. The molecule has 2 rings (SSSR count). The molecule has 1 N–H and O–H groups in total. The topological polar surface area (TPSA) is 58.4 Å². The van der Waals surface area contributed by atoms with Gasteiger partial charge in [-0.2, -0.15) is 4.39 Å². The molecule has 1 aromatic carbocycles. The highest BCUT2D eigenvalue weighted by molar-refractivity contribution is 5.50. The van der Waals surface area contributed by atoms with Gasteiger partial charge in [0.05, 0.1) is 4.92 Å². The third-order valence-electron chi connectivity index (χ3n) is 2.91. The Balaban J connectivity index is 2.07. The van der Waals surface area contributed by atoms with E-state index >= 15 is 0 Å². The first-order chi connectivity index (χ1) is 8.06. The number of nitro groups is 1. The Bertz CT molecular complexity index is 439. The van der Waals surface area contributed by atoms with Gasteiger partial charge in [-0.15, -0.1) is 0 Å². The van der Waals surface area contributed by atoms with Crippen LogP contribution in [0.3, 0.4) is 0 Å². The summed E-state index contributed by atoms with van der Waals surface area (Å²) in [6.07, 6.45) is 0.995. The lowest BCUT2D eigenvalue weighted by molar-refractivity contribution is -0.387. The van der Waals surface area contributed by atoms with E-state index in [0.29, 0.717) is 5.69 Å². The van der Waals surface area contributed by atoms with E-state index < -0.39 is 16.4 Å². The molecule has 0 radical (unpaired) electrons. The van der Waals surface area contributed by atoms with Crippen LogP contribution >= 0.6 is 0 Å². The number of nitrogens with one attached hydrogen (secondary N) is 1. The lowest BCUT2D eigenvalue weighted by Crippen LogP contribution is -2.23. The van der Waals surface area contributed by atoms with E-state index in [9.17, 15) is 14.5 Å². The van der Waals surface area contributed by atoms with Crippen molar-refractivity contribution in [3.8, 4) is 0 Å². The molecule has 0 amide bonds. The summed E-state index contributed by atoms with van der Waals surface area (Å²) in [5.41, 5.74) is 0.104. The van der Waals surface area contributed by atoms with Gasteiger partial charge < -0.3 is 10.2 Å². The first-order valence-electron chi connectivity index (χ1n) is 5.45. The number of hydrogen-bond acceptors (Lipinski definition) is 4. The van der Waals surface area contributed by atoms with Gasteiger partial charge in [-0.05, 0) is 26.1 Å². The van der Waals surface area contributed by atoms with Crippen LogP contribution in [-0.4, -0.2) is 36.0 Å². The van der Waals surface area contributed by atoms with Crippen molar-refractivity contribution in [2.45, 2.75) is 12.5 Å². The van der Waals surface area contributed by atoms with Gasteiger partial charge in [0, 0.05) is 30.4 Å². The highest BCUT2D eigenvalue weighted by Crippen LogP contribution is 2.22. The maximum atomic E-state index is 13.4. The fourth-order valence-electron chi connectivity index (χ4n) is 2.03. The lowest BCUT2D eigenvalue weighted by Gasteiger charge is -2.14. The van der Waals surface area contributed by atoms with E-state index in [1.165, 1.54) is 12.1 Å². The molecule has 1 atom stereocenters. The van der Waals surface area contributed by atoms with Crippen LogP contribution in [0.5, 0.6) is 0 Å². The van der Waals surface area contributed by atoms with Crippen molar-refractivity contribution in [1.82, 2.24) is 4.90 Å². The predicted molar refractivity (Wildman–Crippen MR) is 62.6 cm³/mol. The Kier molecular flexibility index (Phi) is 3.23. The molecule has 1 heterocycles. The van der Waals surface area contributed by atoms with E-state index in [-0.39, 0.29) is 6.04 Å². The van der Waals surface area contributed by atoms with Crippen molar-refractivity contribution in [2.24, 2.45) is 0 Å². The molecule has 1 saturated heterocycles. The second kappa shape index (κ2) is 4.67. The van der Waals surface area contributed by atoms with Crippen LogP contribution in [0.15, 0.2) is 18.2 Å². The van der Waals surface area contributed by atoms with Crippen LogP contribution in [0.1, 0.15) is 6.42 Å². The number of nitro benzene ring substituents is 1. The zero-order chi connectivity index (χ0) is 12.4. The third kappa shape index (κ3) is 2.71. The highest BCUT2D eigenvalue weighted by Gasteiger charge is 2.20. The third-order valence-corrected chi connectivity index (χ3v) is 2.91. The van der Waals surface area contributed by atoms with Crippen molar-refractivity contribution in [1.29, 1.82) is 0 Å². The summed E-state index contributed by atoms with van der Waals surface area (Å²) in [6.45, 7) is 1.91. The summed E-state index contributed by atoms with van der Waals surface area (Å²) in [6, 6.07) is 4.19. The first-order valence-corrected chi connectivity index (χ1v) is 5.45. The smallest absolute Gasteiger partial charge is 0.304 e. The highest BCUT2D eigenvalue weighted by atomic mass is 19.1. The molecule has 1 unspecified atom stereocenters. The van der Waals surface area contributed by atoms with Crippen molar-refractivity contribution in [3.05, 3.63) is 34.1 Å². The molecule has 1 fully saturated rings. The zero-order valence-corrected chi connectivity index (χ0v) is 9.52. The summed E-state index contributed by atoms with van der Waals surface area (Å²) in [7, 11) is 2.03. The van der Waals surface area contributed by atoms with Crippen molar-refractivity contribution in [3.63, 3.8) is 0 Å². The van der Waals surface area contributed by atoms with E-state index in [2.05, 4.69) is 10.2 Å².